The highest BCUT2D eigenvalue weighted by molar-refractivity contribution is 5.01. The lowest BCUT2D eigenvalue weighted by atomic mass is 9.99. The molecular weight excluding hydrogens is 108 g/mol. The number of hydrogen-bond acceptors (Lipinski definition) is 0. The number of hydrogen-bond donors (Lipinski definition) is 0. The van der Waals surface area contributed by atoms with E-state index in [1.54, 1.807) is 0 Å². The van der Waals surface area contributed by atoms with E-state index >= 15 is 0 Å². The third-order valence-corrected chi connectivity index (χ3v) is 1.75. The lowest BCUT2D eigenvalue weighted by molar-refractivity contribution is 0.694. The van der Waals surface area contributed by atoms with E-state index in [0.29, 0.717) is 5.92 Å². The third-order valence-electron chi connectivity index (χ3n) is 1.75. The van der Waals surface area contributed by atoms with Crippen LogP contribution in [0.3, 0.4) is 0 Å². The molecule has 0 radical (unpaired) electrons. The monoisotopic (exact) mass is 124 g/mol. The van der Waals surface area contributed by atoms with Crippen LogP contribution in [-0.4, -0.2) is 0 Å². The van der Waals surface area contributed by atoms with Crippen molar-refractivity contribution in [2.75, 3.05) is 0 Å². The van der Waals surface area contributed by atoms with Crippen LogP contribution in [0.25, 0.3) is 0 Å². The Kier molecular flexibility index (Phi) is 4.12. The minimum absolute atomic E-state index is 0.674. The molecule has 0 bridgehead atoms. The zero-order chi connectivity index (χ0) is 7.28. The van der Waals surface area contributed by atoms with Crippen molar-refractivity contribution in [1.82, 2.24) is 0 Å². The summed E-state index contributed by atoms with van der Waals surface area (Å²) in [6.07, 6.45) is 5.22. The molecule has 9 heavy (non-hydrogen) atoms. The molecule has 1 atom stereocenters. The van der Waals surface area contributed by atoms with Gasteiger partial charge in [0.05, 0.1) is 0 Å². The second-order valence-electron chi connectivity index (χ2n) is 2.46. The van der Waals surface area contributed by atoms with E-state index in [-0.39, 0.29) is 0 Å². The second kappa shape index (κ2) is 4.37. The third kappa shape index (κ3) is 3.12. The fraction of sp³-hybridized carbons (Fsp3) is 0.556. The van der Waals surface area contributed by atoms with E-state index in [4.69, 9.17) is 0 Å². The summed E-state index contributed by atoms with van der Waals surface area (Å²) in [6.45, 7) is 10.1. The molecule has 0 saturated carbocycles. The van der Waals surface area contributed by atoms with Gasteiger partial charge in [-0.25, -0.2) is 0 Å². The van der Waals surface area contributed by atoms with Crippen LogP contribution in [-0.2, 0) is 0 Å². The highest BCUT2D eigenvalue weighted by atomic mass is 14.0. The van der Waals surface area contributed by atoms with E-state index in [1.165, 1.54) is 5.57 Å². The van der Waals surface area contributed by atoms with Crippen molar-refractivity contribution in [3.8, 4) is 0 Å². The molecule has 0 nitrogen and oxygen atoms in total. The Morgan fingerprint density at radius 3 is 2.56 bits per heavy atom. The second-order valence-corrected chi connectivity index (χ2v) is 2.46. The van der Waals surface area contributed by atoms with Gasteiger partial charge in [-0.05, 0) is 26.2 Å². The van der Waals surface area contributed by atoms with Crippen molar-refractivity contribution in [1.29, 1.82) is 0 Å². The van der Waals surface area contributed by atoms with Crippen LogP contribution < -0.4 is 0 Å². The van der Waals surface area contributed by atoms with Crippen LogP contribution in [0.2, 0.25) is 0 Å². The standard InChI is InChI=1S/C9H16/c1-5-7-9(4)8(3)6-2/h5-6,9H,1,7H2,2-4H3. The summed E-state index contributed by atoms with van der Waals surface area (Å²) in [5, 5.41) is 0. The Hall–Kier alpha value is -0.520. The van der Waals surface area contributed by atoms with E-state index in [9.17, 15) is 0 Å². The largest absolute Gasteiger partial charge is 0.103 e. The van der Waals surface area contributed by atoms with Crippen LogP contribution in [0.5, 0.6) is 0 Å². The molecule has 0 aliphatic carbocycles. The van der Waals surface area contributed by atoms with Gasteiger partial charge in [0.15, 0.2) is 0 Å². The maximum absolute atomic E-state index is 3.69. The van der Waals surface area contributed by atoms with Crippen LogP contribution >= 0.6 is 0 Å². The minimum atomic E-state index is 0.674. The number of rotatable bonds is 3. The Morgan fingerprint density at radius 2 is 2.22 bits per heavy atom. The normalized spacial score (nSPS) is 15.2. The summed E-state index contributed by atoms with van der Waals surface area (Å²) >= 11 is 0. The van der Waals surface area contributed by atoms with Gasteiger partial charge in [-0.1, -0.05) is 24.6 Å². The molecule has 0 heterocycles. The van der Waals surface area contributed by atoms with Gasteiger partial charge in [0.2, 0.25) is 0 Å². The Morgan fingerprint density at radius 1 is 1.67 bits per heavy atom. The molecule has 0 rings (SSSR count). The van der Waals surface area contributed by atoms with Gasteiger partial charge < -0.3 is 0 Å². The van der Waals surface area contributed by atoms with Crippen molar-refractivity contribution in [3.05, 3.63) is 24.3 Å². The summed E-state index contributed by atoms with van der Waals surface area (Å²) in [4.78, 5) is 0. The first-order valence-electron chi connectivity index (χ1n) is 3.46. The lowest BCUT2D eigenvalue weighted by Gasteiger charge is -2.07. The first-order chi connectivity index (χ1) is 4.22. The predicted molar refractivity (Wildman–Crippen MR) is 43.4 cm³/mol. The molecule has 0 heteroatoms. The average molecular weight is 124 g/mol. The Balaban J connectivity index is 3.72. The molecule has 0 aliphatic heterocycles. The molecule has 0 aromatic carbocycles. The maximum Gasteiger partial charge on any atom is -0.0200 e. The van der Waals surface area contributed by atoms with Gasteiger partial charge in [-0.3, -0.25) is 0 Å². The predicted octanol–water partition coefficient (Wildman–Crippen LogP) is 3.16. The minimum Gasteiger partial charge on any atom is -0.103 e. The van der Waals surface area contributed by atoms with Crippen LogP contribution in [0, 0.1) is 5.92 Å². The van der Waals surface area contributed by atoms with Crippen LogP contribution in [0.15, 0.2) is 24.3 Å². The van der Waals surface area contributed by atoms with Crippen molar-refractivity contribution in [3.63, 3.8) is 0 Å². The van der Waals surface area contributed by atoms with E-state index < -0.39 is 0 Å². The fourth-order valence-corrected chi connectivity index (χ4v) is 0.720. The molecular formula is C9H16. The zero-order valence-electron chi connectivity index (χ0n) is 6.65. The Bertz CT molecular complexity index is 109. The first-order valence-corrected chi connectivity index (χ1v) is 3.46. The molecule has 0 amide bonds. The highest BCUT2D eigenvalue weighted by Gasteiger charge is 1.98. The molecule has 0 saturated heterocycles. The van der Waals surface area contributed by atoms with Gasteiger partial charge >= 0.3 is 0 Å². The Labute approximate surface area is 58.3 Å². The topological polar surface area (TPSA) is 0 Å². The molecule has 0 aromatic rings. The van der Waals surface area contributed by atoms with E-state index in [1.807, 2.05) is 6.08 Å². The van der Waals surface area contributed by atoms with Crippen molar-refractivity contribution < 1.29 is 0 Å². The molecule has 0 aromatic heterocycles. The van der Waals surface area contributed by atoms with Gasteiger partial charge in [-0.15, -0.1) is 6.58 Å². The van der Waals surface area contributed by atoms with Gasteiger partial charge in [0.25, 0.3) is 0 Å². The summed E-state index contributed by atoms with van der Waals surface area (Å²) in [7, 11) is 0. The first kappa shape index (κ1) is 8.48. The van der Waals surface area contributed by atoms with Crippen LogP contribution in [0.4, 0.5) is 0 Å². The fourth-order valence-electron chi connectivity index (χ4n) is 0.720. The maximum atomic E-state index is 3.69. The average Bonchev–Trinajstić information content (AvgIpc) is 1.87. The zero-order valence-corrected chi connectivity index (χ0v) is 6.65. The number of allylic oxidation sites excluding steroid dienone is 3. The quantitative estimate of drug-likeness (QED) is 0.507. The molecule has 0 fully saturated rings. The van der Waals surface area contributed by atoms with Crippen molar-refractivity contribution >= 4 is 0 Å². The van der Waals surface area contributed by atoms with E-state index in [0.717, 1.165) is 6.42 Å². The summed E-state index contributed by atoms with van der Waals surface area (Å²) < 4.78 is 0. The van der Waals surface area contributed by atoms with Gasteiger partial charge in [-0.2, -0.15) is 0 Å². The highest BCUT2D eigenvalue weighted by Crippen LogP contribution is 2.12. The summed E-state index contributed by atoms with van der Waals surface area (Å²) in [5.74, 6) is 0.674. The molecule has 0 spiro atoms. The smallest absolute Gasteiger partial charge is 0.0200 e. The van der Waals surface area contributed by atoms with Crippen molar-refractivity contribution in [2.24, 2.45) is 5.92 Å². The summed E-state index contributed by atoms with van der Waals surface area (Å²) in [5.41, 5.74) is 1.45. The van der Waals surface area contributed by atoms with Gasteiger partial charge in [0, 0.05) is 0 Å². The summed E-state index contributed by atoms with van der Waals surface area (Å²) in [6, 6.07) is 0. The molecule has 52 valence electrons. The SMILES string of the molecule is C=CCC(C)C(C)=CC. The molecule has 0 aliphatic rings. The van der Waals surface area contributed by atoms with Crippen LogP contribution in [0.1, 0.15) is 27.2 Å². The lowest BCUT2D eigenvalue weighted by Crippen LogP contribution is -1.92. The molecule has 1 unspecified atom stereocenters. The van der Waals surface area contributed by atoms with Crippen molar-refractivity contribution in [2.45, 2.75) is 27.2 Å². The van der Waals surface area contributed by atoms with Gasteiger partial charge in [0.1, 0.15) is 0 Å². The van der Waals surface area contributed by atoms with E-state index in [2.05, 4.69) is 33.4 Å². The molecule has 0 N–H and O–H groups in total.